The number of aromatic carboxylic acids is 1. The third kappa shape index (κ3) is 5.26. The van der Waals surface area contributed by atoms with E-state index < -0.39 is 5.97 Å². The van der Waals surface area contributed by atoms with Crippen LogP contribution >= 0.6 is 12.2 Å². The second-order valence-corrected chi connectivity index (χ2v) is 5.85. The van der Waals surface area contributed by atoms with E-state index in [2.05, 4.69) is 15.8 Å². The molecule has 0 aromatic heterocycles. The van der Waals surface area contributed by atoms with Crippen molar-refractivity contribution in [1.29, 1.82) is 0 Å². The molecule has 0 saturated carbocycles. The fraction of sp³-hybridized carbons (Fsp3) is 0.211. The first-order chi connectivity index (χ1) is 13.9. The van der Waals surface area contributed by atoms with Gasteiger partial charge in [-0.25, -0.2) is 0 Å². The van der Waals surface area contributed by atoms with Crippen molar-refractivity contribution < 1.29 is 28.8 Å². The predicted molar refractivity (Wildman–Crippen MR) is 110 cm³/mol. The van der Waals surface area contributed by atoms with Gasteiger partial charge in [0, 0.05) is 17.3 Å². The van der Waals surface area contributed by atoms with Crippen molar-refractivity contribution in [1.82, 2.24) is 5.43 Å². The minimum atomic E-state index is -1.42. The molecule has 0 spiro atoms. The highest BCUT2D eigenvalue weighted by molar-refractivity contribution is 7.80. The Bertz CT molecular complexity index is 932. The Morgan fingerprint density at radius 3 is 2.24 bits per heavy atom. The Morgan fingerprint density at radius 1 is 1.00 bits per heavy atom. The summed E-state index contributed by atoms with van der Waals surface area (Å²) in [6.07, 6.45) is 1.29. The molecule has 0 bridgehead atoms. The average molecular weight is 418 g/mol. The Morgan fingerprint density at radius 2 is 1.66 bits per heavy atom. The number of carbonyl (C=O) groups excluding carboxylic acids is 1. The zero-order valence-electron chi connectivity index (χ0n) is 16.3. The summed E-state index contributed by atoms with van der Waals surface area (Å²) in [5.74, 6) is 0.00380. The molecule has 2 aromatic rings. The predicted octanol–water partition coefficient (Wildman–Crippen LogP) is 1.40. The molecule has 0 aliphatic carbocycles. The second kappa shape index (κ2) is 10.1. The summed E-state index contributed by atoms with van der Waals surface area (Å²) in [4.78, 5) is 11.5. The lowest BCUT2D eigenvalue weighted by molar-refractivity contribution is -0.255. The van der Waals surface area contributed by atoms with Gasteiger partial charge in [-0.1, -0.05) is 0 Å². The van der Waals surface area contributed by atoms with Crippen LogP contribution in [0, 0.1) is 0 Å². The summed E-state index contributed by atoms with van der Waals surface area (Å²) in [6, 6.07) is 8.26. The van der Waals surface area contributed by atoms with Gasteiger partial charge in [0.05, 0.1) is 46.2 Å². The fourth-order valence-electron chi connectivity index (χ4n) is 2.49. The first kappa shape index (κ1) is 21.8. The van der Waals surface area contributed by atoms with Crippen LogP contribution < -0.4 is 34.8 Å². The zero-order valence-corrected chi connectivity index (χ0v) is 17.1. The van der Waals surface area contributed by atoms with Crippen molar-refractivity contribution in [3.63, 3.8) is 0 Å². The molecule has 0 aliphatic heterocycles. The Balaban J connectivity index is 2.13. The van der Waals surface area contributed by atoms with Crippen LogP contribution in [0.15, 0.2) is 35.4 Å². The Kier molecular flexibility index (Phi) is 7.61. The molecule has 0 amide bonds. The van der Waals surface area contributed by atoms with E-state index in [-0.39, 0.29) is 27.7 Å². The number of methoxy groups -OCH3 is 4. The number of carbonyl (C=O) groups is 1. The van der Waals surface area contributed by atoms with Crippen LogP contribution in [0.1, 0.15) is 15.9 Å². The van der Waals surface area contributed by atoms with E-state index in [1.807, 2.05) is 0 Å². The number of anilines is 1. The van der Waals surface area contributed by atoms with E-state index in [9.17, 15) is 9.90 Å². The van der Waals surface area contributed by atoms with Gasteiger partial charge in [0.25, 0.3) is 0 Å². The number of hydrogen-bond acceptors (Lipinski definition) is 8. The second-order valence-electron chi connectivity index (χ2n) is 5.45. The third-order valence-electron chi connectivity index (χ3n) is 3.79. The van der Waals surface area contributed by atoms with E-state index >= 15 is 0 Å². The Hall–Kier alpha value is -3.53. The van der Waals surface area contributed by atoms with Gasteiger partial charge in [0.15, 0.2) is 28.1 Å². The number of carboxylic acids is 1. The van der Waals surface area contributed by atoms with E-state index in [4.69, 9.17) is 31.2 Å². The lowest BCUT2D eigenvalue weighted by atomic mass is 10.1. The molecular formula is C19H20N3O6S-. The molecule has 29 heavy (non-hydrogen) atoms. The largest absolute Gasteiger partial charge is 0.545 e. The summed E-state index contributed by atoms with van der Waals surface area (Å²) >= 11 is 5.18. The van der Waals surface area contributed by atoms with Crippen LogP contribution in [0.4, 0.5) is 5.69 Å². The Labute approximate surface area is 173 Å². The maximum Gasteiger partial charge on any atom is 0.191 e. The van der Waals surface area contributed by atoms with Crippen molar-refractivity contribution in [3.8, 4) is 23.0 Å². The number of nitrogens with zero attached hydrogens (tertiary/aromatic N) is 1. The highest BCUT2D eigenvalue weighted by atomic mass is 32.1. The lowest BCUT2D eigenvalue weighted by Gasteiger charge is -2.15. The number of hydrogen-bond donors (Lipinski definition) is 2. The molecular weight excluding hydrogens is 398 g/mol. The van der Waals surface area contributed by atoms with Crippen molar-refractivity contribution in [3.05, 3.63) is 41.5 Å². The van der Waals surface area contributed by atoms with Gasteiger partial charge in [-0.15, -0.1) is 0 Å². The van der Waals surface area contributed by atoms with Crippen molar-refractivity contribution in [2.45, 2.75) is 0 Å². The first-order valence-electron chi connectivity index (χ1n) is 8.23. The number of nitrogens with one attached hydrogen (secondary N) is 2. The van der Waals surface area contributed by atoms with Gasteiger partial charge in [-0.3, -0.25) is 5.43 Å². The number of carboxylic acid groups (broad SMARTS) is 1. The van der Waals surface area contributed by atoms with Crippen molar-refractivity contribution in [2.24, 2.45) is 5.10 Å². The third-order valence-corrected chi connectivity index (χ3v) is 3.99. The normalized spacial score (nSPS) is 10.3. The molecule has 0 heterocycles. The summed E-state index contributed by atoms with van der Waals surface area (Å²) in [6.45, 7) is 0. The summed E-state index contributed by atoms with van der Waals surface area (Å²) in [5, 5.41) is 18.6. The fourth-order valence-corrected chi connectivity index (χ4v) is 2.66. The van der Waals surface area contributed by atoms with E-state index in [0.717, 1.165) is 0 Å². The molecule has 10 heteroatoms. The van der Waals surface area contributed by atoms with Crippen molar-refractivity contribution in [2.75, 3.05) is 33.8 Å². The highest BCUT2D eigenvalue weighted by Gasteiger charge is 2.15. The summed E-state index contributed by atoms with van der Waals surface area (Å²) in [7, 11) is 5.82. The van der Waals surface area contributed by atoms with Gasteiger partial charge < -0.3 is 34.2 Å². The van der Waals surface area contributed by atoms with Gasteiger partial charge in [-0.05, 0) is 36.5 Å². The summed E-state index contributed by atoms with van der Waals surface area (Å²) < 4.78 is 20.6. The number of rotatable bonds is 8. The highest BCUT2D eigenvalue weighted by Crippen LogP contribution is 2.32. The summed E-state index contributed by atoms with van der Waals surface area (Å²) in [5.41, 5.74) is 3.33. The first-order valence-corrected chi connectivity index (χ1v) is 8.64. The number of thiocarbonyl (C=S) groups is 1. The lowest BCUT2D eigenvalue weighted by Crippen LogP contribution is -2.26. The molecule has 9 nitrogen and oxygen atoms in total. The van der Waals surface area contributed by atoms with Crippen LogP contribution in [0.2, 0.25) is 0 Å². The standard InChI is InChI=1S/C19H21N3O6S/c1-25-13-8-6-12(9-15(13)27-3)21-19(29)22-20-10-11-5-7-14(26-2)17(28-4)16(11)18(23)24/h5-10H,1-4H3,(H,23,24)(H2,21,22,29)/p-1/b20-10-. The van der Waals surface area contributed by atoms with Gasteiger partial charge >= 0.3 is 0 Å². The molecule has 154 valence electrons. The number of benzene rings is 2. The van der Waals surface area contributed by atoms with Crippen LogP contribution in [-0.2, 0) is 0 Å². The van der Waals surface area contributed by atoms with Gasteiger partial charge in [0.2, 0.25) is 0 Å². The van der Waals surface area contributed by atoms with E-state index in [1.165, 1.54) is 33.6 Å². The minimum Gasteiger partial charge on any atom is -0.545 e. The number of hydrazone groups is 1. The molecule has 2 rings (SSSR count). The van der Waals surface area contributed by atoms with Crippen LogP contribution in [0.25, 0.3) is 0 Å². The van der Waals surface area contributed by atoms with Crippen LogP contribution in [0.5, 0.6) is 23.0 Å². The minimum absolute atomic E-state index is 0.0440. The maximum atomic E-state index is 11.5. The molecule has 0 unspecified atom stereocenters. The molecule has 0 atom stereocenters. The smallest absolute Gasteiger partial charge is 0.191 e. The molecule has 2 aromatic carbocycles. The quantitative estimate of drug-likeness (QED) is 0.373. The van der Waals surface area contributed by atoms with Gasteiger partial charge in [-0.2, -0.15) is 5.10 Å². The van der Waals surface area contributed by atoms with E-state index in [0.29, 0.717) is 17.2 Å². The maximum absolute atomic E-state index is 11.5. The van der Waals surface area contributed by atoms with Gasteiger partial charge in [0.1, 0.15) is 0 Å². The van der Waals surface area contributed by atoms with Crippen LogP contribution in [-0.4, -0.2) is 45.7 Å². The monoisotopic (exact) mass is 418 g/mol. The molecule has 0 radical (unpaired) electrons. The van der Waals surface area contributed by atoms with E-state index in [1.54, 1.807) is 31.4 Å². The molecule has 0 aliphatic rings. The average Bonchev–Trinajstić information content (AvgIpc) is 2.72. The number of ether oxygens (including phenoxy) is 4. The topological polar surface area (TPSA) is 113 Å². The van der Waals surface area contributed by atoms with Crippen molar-refractivity contribution >= 4 is 35.2 Å². The SMILES string of the molecule is COc1ccc(NC(=S)N/N=C\c2ccc(OC)c(OC)c2C(=O)[O-])cc1OC. The molecule has 2 N–H and O–H groups in total. The molecule has 0 saturated heterocycles. The van der Waals surface area contributed by atoms with Crippen LogP contribution in [0.3, 0.4) is 0 Å². The zero-order chi connectivity index (χ0) is 21.4. The molecule has 0 fully saturated rings.